The van der Waals surface area contributed by atoms with Gasteiger partial charge in [-0.3, -0.25) is 0 Å². The van der Waals surface area contributed by atoms with E-state index in [1.807, 2.05) is 24.3 Å². The van der Waals surface area contributed by atoms with Gasteiger partial charge in [0.1, 0.15) is 0 Å². The van der Waals surface area contributed by atoms with E-state index in [1.165, 1.54) is 0 Å². The van der Waals surface area contributed by atoms with Crippen LogP contribution in [-0.2, 0) is 16.6 Å². The van der Waals surface area contributed by atoms with Gasteiger partial charge in [-0.15, -0.1) is 0 Å². The van der Waals surface area contributed by atoms with Gasteiger partial charge >= 0.3 is 0 Å². The van der Waals surface area contributed by atoms with Crippen LogP contribution in [0, 0.1) is 0 Å². The predicted octanol–water partition coefficient (Wildman–Crippen LogP) is 1.72. The maximum Gasteiger partial charge on any atom is 0.230 e. The average molecular weight is 350 g/mol. The van der Waals surface area contributed by atoms with Gasteiger partial charge in [-0.25, -0.2) is 12.7 Å². The Labute approximate surface area is 141 Å². The number of aromatic nitrogens is 2. The zero-order chi connectivity index (χ0) is 17.2. The zero-order valence-corrected chi connectivity index (χ0v) is 14.5. The van der Waals surface area contributed by atoms with Gasteiger partial charge in [0.25, 0.3) is 0 Å². The fourth-order valence-corrected chi connectivity index (χ4v) is 4.00. The lowest BCUT2D eigenvalue weighted by Gasteiger charge is -2.29. The van der Waals surface area contributed by atoms with Crippen molar-refractivity contribution in [2.45, 2.75) is 32.2 Å². The molecule has 0 spiro atoms. The normalized spacial score (nSPS) is 17.2. The Morgan fingerprint density at radius 2 is 1.92 bits per heavy atom. The van der Waals surface area contributed by atoms with Crippen LogP contribution in [-0.4, -0.2) is 41.7 Å². The summed E-state index contributed by atoms with van der Waals surface area (Å²) in [5.74, 6) is 1.39. The first kappa shape index (κ1) is 17.1. The van der Waals surface area contributed by atoms with Gasteiger partial charge in [0.05, 0.1) is 5.75 Å². The van der Waals surface area contributed by atoms with Gasteiger partial charge in [0, 0.05) is 31.1 Å². The van der Waals surface area contributed by atoms with Crippen molar-refractivity contribution in [3.05, 3.63) is 35.7 Å². The average Bonchev–Trinajstić information content (AvgIpc) is 3.12. The van der Waals surface area contributed by atoms with Crippen molar-refractivity contribution in [1.29, 1.82) is 0 Å². The minimum Gasteiger partial charge on any atom is -0.339 e. The number of rotatable bonds is 5. The largest absolute Gasteiger partial charge is 0.339 e. The van der Waals surface area contributed by atoms with Gasteiger partial charge in [-0.05, 0) is 25.3 Å². The molecule has 2 heterocycles. The van der Waals surface area contributed by atoms with Crippen molar-refractivity contribution in [3.63, 3.8) is 0 Å². The molecule has 1 aliphatic rings. The van der Waals surface area contributed by atoms with Gasteiger partial charge in [-0.1, -0.05) is 29.4 Å². The molecule has 0 atom stereocenters. The number of nitrogens with zero attached hydrogens (tertiary/aromatic N) is 3. The molecule has 1 aromatic heterocycles. The molecular formula is C16H22N4O3S. The summed E-state index contributed by atoms with van der Waals surface area (Å²) in [6.07, 6.45) is 1.40. The molecule has 130 valence electrons. The van der Waals surface area contributed by atoms with Crippen LogP contribution >= 0.6 is 0 Å². The molecule has 1 aromatic carbocycles. The summed E-state index contributed by atoms with van der Waals surface area (Å²) in [7, 11) is -3.11. The molecule has 3 rings (SSSR count). The second-order valence-electron chi connectivity index (χ2n) is 5.93. The topological polar surface area (TPSA) is 102 Å². The zero-order valence-electron chi connectivity index (χ0n) is 13.7. The number of hydrogen-bond acceptors (Lipinski definition) is 6. The number of hydrogen-bond donors (Lipinski definition) is 1. The predicted molar refractivity (Wildman–Crippen MR) is 90.6 cm³/mol. The lowest BCUT2D eigenvalue weighted by Crippen LogP contribution is -2.38. The highest BCUT2D eigenvalue weighted by molar-refractivity contribution is 7.89. The first-order valence-corrected chi connectivity index (χ1v) is 9.75. The first-order valence-electron chi connectivity index (χ1n) is 8.14. The van der Waals surface area contributed by atoms with E-state index in [-0.39, 0.29) is 11.7 Å². The van der Waals surface area contributed by atoms with Crippen LogP contribution in [0.25, 0.3) is 11.4 Å². The van der Waals surface area contributed by atoms with Crippen LogP contribution in [0.15, 0.2) is 28.8 Å². The van der Waals surface area contributed by atoms with Crippen molar-refractivity contribution < 1.29 is 12.9 Å². The van der Waals surface area contributed by atoms with Crippen LogP contribution < -0.4 is 5.73 Å². The fraction of sp³-hybridized carbons (Fsp3) is 0.500. The van der Waals surface area contributed by atoms with Gasteiger partial charge in [0.15, 0.2) is 0 Å². The summed E-state index contributed by atoms with van der Waals surface area (Å²) in [6, 6.07) is 7.74. The molecule has 24 heavy (non-hydrogen) atoms. The molecule has 0 saturated carbocycles. The Morgan fingerprint density at radius 3 is 2.50 bits per heavy atom. The van der Waals surface area contributed by atoms with Crippen LogP contribution in [0.1, 0.15) is 37.1 Å². The van der Waals surface area contributed by atoms with Crippen molar-refractivity contribution in [2.75, 3.05) is 18.8 Å². The summed E-state index contributed by atoms with van der Waals surface area (Å²) in [4.78, 5) is 4.49. The number of benzene rings is 1. The van der Waals surface area contributed by atoms with Crippen molar-refractivity contribution in [3.8, 4) is 11.4 Å². The fourth-order valence-electron chi connectivity index (χ4n) is 2.87. The molecule has 1 fully saturated rings. The second-order valence-corrected chi connectivity index (χ2v) is 8.19. The Kier molecular flexibility index (Phi) is 4.98. The molecule has 0 bridgehead atoms. The summed E-state index contributed by atoms with van der Waals surface area (Å²) < 4.78 is 30.8. The van der Waals surface area contributed by atoms with E-state index in [2.05, 4.69) is 10.1 Å². The Balaban J connectivity index is 1.68. The Bertz CT molecular complexity index is 778. The van der Waals surface area contributed by atoms with E-state index in [9.17, 15) is 8.42 Å². The lowest BCUT2D eigenvalue weighted by atomic mass is 9.98. The SMILES string of the molecule is CCS(=O)(=O)N1CCC(c2nc(-c3ccc(CN)cc3)no2)CC1. The Morgan fingerprint density at radius 1 is 1.25 bits per heavy atom. The highest BCUT2D eigenvalue weighted by Crippen LogP contribution is 2.29. The number of nitrogens with two attached hydrogens (primary N) is 1. The van der Waals surface area contributed by atoms with Crippen molar-refractivity contribution in [1.82, 2.24) is 14.4 Å². The van der Waals surface area contributed by atoms with Crippen LogP contribution in [0.2, 0.25) is 0 Å². The highest BCUT2D eigenvalue weighted by atomic mass is 32.2. The summed E-state index contributed by atoms with van der Waals surface area (Å²) >= 11 is 0. The van der Waals surface area contributed by atoms with E-state index in [0.29, 0.717) is 44.2 Å². The number of sulfonamides is 1. The molecule has 0 radical (unpaired) electrons. The second kappa shape index (κ2) is 7.00. The summed E-state index contributed by atoms with van der Waals surface area (Å²) in [5.41, 5.74) is 7.53. The first-order chi connectivity index (χ1) is 11.5. The molecule has 8 heteroatoms. The third-order valence-corrected chi connectivity index (χ3v) is 6.33. The van der Waals surface area contributed by atoms with Gasteiger partial charge < -0.3 is 10.3 Å². The standard InChI is InChI=1S/C16H22N4O3S/c1-2-24(21,22)20-9-7-14(8-10-20)16-18-15(19-23-16)13-5-3-12(11-17)4-6-13/h3-6,14H,2,7-11,17H2,1H3. The smallest absolute Gasteiger partial charge is 0.230 e. The molecule has 2 N–H and O–H groups in total. The molecule has 1 aliphatic heterocycles. The third kappa shape index (κ3) is 3.50. The van der Waals surface area contributed by atoms with Crippen LogP contribution in [0.5, 0.6) is 0 Å². The molecule has 0 unspecified atom stereocenters. The van der Waals surface area contributed by atoms with E-state index in [4.69, 9.17) is 10.3 Å². The van der Waals surface area contributed by atoms with Gasteiger partial charge in [0.2, 0.25) is 21.7 Å². The maximum atomic E-state index is 11.9. The van der Waals surface area contributed by atoms with E-state index < -0.39 is 10.0 Å². The maximum absolute atomic E-state index is 11.9. The lowest BCUT2D eigenvalue weighted by molar-refractivity contribution is 0.271. The molecule has 0 amide bonds. The van der Waals surface area contributed by atoms with Crippen molar-refractivity contribution >= 4 is 10.0 Å². The Hall–Kier alpha value is -1.77. The molecule has 1 saturated heterocycles. The van der Waals surface area contributed by atoms with E-state index in [1.54, 1.807) is 11.2 Å². The van der Waals surface area contributed by atoms with Crippen LogP contribution in [0.4, 0.5) is 0 Å². The van der Waals surface area contributed by atoms with Gasteiger partial charge in [-0.2, -0.15) is 4.98 Å². The monoisotopic (exact) mass is 350 g/mol. The number of piperidine rings is 1. The minimum absolute atomic E-state index is 0.109. The van der Waals surface area contributed by atoms with Crippen molar-refractivity contribution in [2.24, 2.45) is 5.73 Å². The molecule has 0 aliphatic carbocycles. The van der Waals surface area contributed by atoms with E-state index in [0.717, 1.165) is 11.1 Å². The minimum atomic E-state index is -3.11. The highest BCUT2D eigenvalue weighted by Gasteiger charge is 2.30. The quantitative estimate of drug-likeness (QED) is 0.881. The van der Waals surface area contributed by atoms with E-state index >= 15 is 0 Å². The third-order valence-electron chi connectivity index (χ3n) is 4.45. The summed E-state index contributed by atoms with van der Waals surface area (Å²) in [6.45, 7) is 3.17. The molecular weight excluding hydrogens is 328 g/mol. The summed E-state index contributed by atoms with van der Waals surface area (Å²) in [5, 5.41) is 4.05. The van der Waals surface area contributed by atoms with Crippen LogP contribution in [0.3, 0.4) is 0 Å². The molecule has 7 nitrogen and oxygen atoms in total. The molecule has 2 aromatic rings.